The number of nitrogens with zero attached hydrogens (tertiary/aromatic N) is 1. The Labute approximate surface area is 208 Å². The third kappa shape index (κ3) is 7.95. The van der Waals surface area contributed by atoms with Gasteiger partial charge in [-0.1, -0.05) is 12.2 Å². The van der Waals surface area contributed by atoms with Crippen molar-refractivity contribution >= 4 is 28.8 Å². The lowest BCUT2D eigenvalue weighted by Gasteiger charge is -2.25. The average Bonchev–Trinajstić information content (AvgIpc) is 3.33. The summed E-state index contributed by atoms with van der Waals surface area (Å²) in [6, 6.07) is 1.63. The van der Waals surface area contributed by atoms with E-state index < -0.39 is 18.0 Å². The minimum Gasteiger partial charge on any atom is -0.472 e. The number of furan rings is 1. The number of ketones is 1. The summed E-state index contributed by atoms with van der Waals surface area (Å²) in [6.45, 7) is 0. The second-order valence-corrected chi connectivity index (χ2v) is 9.90. The largest absolute Gasteiger partial charge is 0.472 e. The summed E-state index contributed by atoms with van der Waals surface area (Å²) < 4.78 is 52.0. The lowest BCUT2D eigenvalue weighted by molar-refractivity contribution is -0.121. The van der Waals surface area contributed by atoms with E-state index in [1.165, 1.54) is 19.6 Å². The van der Waals surface area contributed by atoms with Gasteiger partial charge >= 0.3 is 6.18 Å². The number of hydrogen-bond acceptors (Lipinski definition) is 6. The van der Waals surface area contributed by atoms with Crippen molar-refractivity contribution in [3.63, 3.8) is 0 Å². The van der Waals surface area contributed by atoms with E-state index in [1.54, 1.807) is 23.9 Å². The zero-order chi connectivity index (χ0) is 25.4. The van der Waals surface area contributed by atoms with E-state index in [0.717, 1.165) is 18.2 Å². The third-order valence-electron chi connectivity index (χ3n) is 6.32. The summed E-state index contributed by atoms with van der Waals surface area (Å²) in [5.41, 5.74) is 0.624. The molecule has 0 fully saturated rings. The highest BCUT2D eigenvalue weighted by Crippen LogP contribution is 2.37. The summed E-state index contributed by atoms with van der Waals surface area (Å²) in [7, 11) is 1.45. The van der Waals surface area contributed by atoms with E-state index in [2.05, 4.69) is 4.99 Å². The van der Waals surface area contributed by atoms with Gasteiger partial charge < -0.3 is 14.3 Å². The molecule has 0 spiro atoms. The fourth-order valence-electron chi connectivity index (χ4n) is 4.45. The molecule has 35 heavy (non-hydrogen) atoms. The van der Waals surface area contributed by atoms with Crippen LogP contribution in [0, 0.1) is 11.8 Å². The molecule has 1 N–H and O–H groups in total. The van der Waals surface area contributed by atoms with E-state index >= 15 is 0 Å². The van der Waals surface area contributed by atoms with E-state index in [4.69, 9.17) is 9.15 Å². The van der Waals surface area contributed by atoms with Gasteiger partial charge in [0.1, 0.15) is 5.78 Å². The van der Waals surface area contributed by atoms with Crippen molar-refractivity contribution in [2.45, 2.75) is 57.4 Å². The lowest BCUT2D eigenvalue weighted by Crippen LogP contribution is -2.25. The van der Waals surface area contributed by atoms with Crippen LogP contribution in [0.1, 0.15) is 50.5 Å². The summed E-state index contributed by atoms with van der Waals surface area (Å²) in [6.07, 6.45) is 7.18. The Bertz CT molecular complexity index is 979. The van der Waals surface area contributed by atoms with Crippen molar-refractivity contribution in [1.82, 2.24) is 0 Å². The molecule has 3 atom stereocenters. The van der Waals surface area contributed by atoms with Gasteiger partial charge in [-0.2, -0.15) is 24.9 Å². The molecule has 5 nitrogen and oxygen atoms in total. The number of aliphatic imine (C=N–C) groups is 1. The van der Waals surface area contributed by atoms with Gasteiger partial charge in [0, 0.05) is 37.1 Å². The van der Waals surface area contributed by atoms with Gasteiger partial charge in [-0.25, -0.2) is 0 Å². The van der Waals surface area contributed by atoms with E-state index in [-0.39, 0.29) is 42.6 Å². The number of carbonyl (C=O) groups is 1. The first-order chi connectivity index (χ1) is 16.7. The molecule has 0 radical (unpaired) electrons. The maximum absolute atomic E-state index is 14.0. The van der Waals surface area contributed by atoms with Crippen molar-refractivity contribution in [2.24, 2.45) is 16.8 Å². The molecule has 2 heterocycles. The Morgan fingerprint density at radius 2 is 2.17 bits per heavy atom. The molecule has 2 bridgehead atoms. The number of thioether (sulfide) groups is 1. The number of ether oxygens (including phenoxy) is 1. The Morgan fingerprint density at radius 3 is 2.83 bits per heavy atom. The number of methoxy groups -OCH3 is 1. The van der Waals surface area contributed by atoms with E-state index in [0.29, 0.717) is 36.1 Å². The Morgan fingerprint density at radius 1 is 1.37 bits per heavy atom. The summed E-state index contributed by atoms with van der Waals surface area (Å²) in [5.74, 6) is 0.596. The average molecular weight is 512 g/mol. The van der Waals surface area contributed by atoms with Crippen molar-refractivity contribution in [1.29, 1.82) is 0 Å². The van der Waals surface area contributed by atoms with Gasteiger partial charge in [0.25, 0.3) is 0 Å². The van der Waals surface area contributed by atoms with Gasteiger partial charge in [0.05, 0.1) is 23.8 Å². The van der Waals surface area contributed by atoms with Gasteiger partial charge in [-0.3, -0.25) is 9.79 Å². The fraction of sp³-hybridized carbons (Fsp3) is 0.538. The maximum Gasteiger partial charge on any atom is 0.418 e. The molecule has 0 amide bonds. The molecule has 192 valence electrons. The summed E-state index contributed by atoms with van der Waals surface area (Å²) in [5, 5.41) is 10.0. The Kier molecular flexibility index (Phi) is 10.0. The standard InChI is InChI=1S/C26H32F3NO4S/c1-33-25(32)18(9-11-35-2)4-3-5-22(31)15-21-12-17-6-7-19(20-8-10-34-16-20)14-23(26(27,28)29)24(13-17)30-21/h7-8,10,12,14,16-18,25,32H,3-6,9,11,13,15H2,1-2H3/b19-7+,23-14+. The van der Waals surface area contributed by atoms with Gasteiger partial charge in [0.15, 0.2) is 6.29 Å². The van der Waals surface area contributed by atoms with Crippen molar-refractivity contribution in [3.05, 3.63) is 53.7 Å². The first-order valence-corrected chi connectivity index (χ1v) is 13.1. The molecule has 0 saturated heterocycles. The maximum atomic E-state index is 14.0. The Balaban J connectivity index is 1.68. The predicted molar refractivity (Wildman–Crippen MR) is 132 cm³/mol. The second kappa shape index (κ2) is 12.7. The number of hydrogen-bond donors (Lipinski definition) is 1. The second-order valence-electron chi connectivity index (χ2n) is 8.92. The molecule has 9 heteroatoms. The fourth-order valence-corrected chi connectivity index (χ4v) is 4.99. The zero-order valence-electron chi connectivity index (χ0n) is 20.0. The van der Waals surface area contributed by atoms with Gasteiger partial charge in [-0.15, -0.1) is 0 Å². The van der Waals surface area contributed by atoms with Crippen LogP contribution in [0.3, 0.4) is 0 Å². The van der Waals surface area contributed by atoms with Crippen molar-refractivity contribution < 1.29 is 32.2 Å². The molecule has 3 unspecified atom stereocenters. The normalized spacial score (nSPS) is 23.1. The third-order valence-corrected chi connectivity index (χ3v) is 6.96. The van der Waals surface area contributed by atoms with Crippen LogP contribution in [0.2, 0.25) is 0 Å². The van der Waals surface area contributed by atoms with E-state index in [9.17, 15) is 23.1 Å². The number of allylic oxidation sites excluding steroid dienone is 6. The lowest BCUT2D eigenvalue weighted by atomic mass is 9.85. The zero-order valence-corrected chi connectivity index (χ0v) is 20.8. The number of fused-ring (bicyclic) bond motifs is 2. The van der Waals surface area contributed by atoms with Crippen LogP contribution in [0.15, 0.2) is 57.5 Å². The minimum absolute atomic E-state index is 0.00570. The highest BCUT2D eigenvalue weighted by atomic mass is 32.2. The SMILES string of the molecule is COC(O)C(CCCC(=O)CC1=CC2C/C=C(c3ccoc3)\C=C(\C(F)(F)F)C(=N1)C2)CCSC. The molecule has 1 aromatic rings. The highest BCUT2D eigenvalue weighted by Gasteiger charge is 2.39. The number of alkyl halides is 3. The highest BCUT2D eigenvalue weighted by molar-refractivity contribution is 7.98. The monoisotopic (exact) mass is 511 g/mol. The predicted octanol–water partition coefficient (Wildman–Crippen LogP) is 6.36. The topological polar surface area (TPSA) is 72.0 Å². The van der Waals surface area contributed by atoms with Crippen LogP contribution in [0.5, 0.6) is 0 Å². The van der Waals surface area contributed by atoms with Crippen LogP contribution < -0.4 is 0 Å². The molecule has 2 aliphatic rings. The number of halogens is 3. The van der Waals surface area contributed by atoms with Crippen molar-refractivity contribution in [2.75, 3.05) is 19.1 Å². The molecular formula is C26H32F3NO4S. The molecule has 0 saturated carbocycles. The van der Waals surface area contributed by atoms with E-state index in [1.807, 2.05) is 12.3 Å². The van der Waals surface area contributed by atoms with Gasteiger partial charge in [0.2, 0.25) is 0 Å². The van der Waals surface area contributed by atoms with Crippen LogP contribution >= 0.6 is 11.8 Å². The number of carbonyl (C=O) groups excluding carboxylic acids is 1. The van der Waals surface area contributed by atoms with Gasteiger partial charge in [-0.05, 0) is 67.7 Å². The number of aliphatic hydroxyl groups is 1. The molecular weight excluding hydrogens is 479 g/mol. The summed E-state index contributed by atoms with van der Waals surface area (Å²) in [4.78, 5) is 16.9. The van der Waals surface area contributed by atoms with Crippen LogP contribution in [-0.2, 0) is 9.53 Å². The molecule has 1 aliphatic heterocycles. The smallest absolute Gasteiger partial charge is 0.418 e. The number of Topliss-reactive ketones (excluding diaryl/α,β-unsaturated/α-hetero) is 1. The van der Waals surface area contributed by atoms with Crippen LogP contribution in [0.25, 0.3) is 5.57 Å². The molecule has 3 rings (SSSR count). The Hall–Kier alpha value is -2.10. The quantitative estimate of drug-likeness (QED) is 0.331. The van der Waals surface area contributed by atoms with Crippen LogP contribution in [0.4, 0.5) is 13.2 Å². The summed E-state index contributed by atoms with van der Waals surface area (Å²) >= 11 is 1.68. The number of aliphatic hydroxyl groups excluding tert-OH is 1. The molecule has 0 aromatic carbocycles. The van der Waals surface area contributed by atoms with Crippen molar-refractivity contribution in [3.8, 4) is 0 Å². The van der Waals surface area contributed by atoms with Crippen LogP contribution in [-0.4, -0.2) is 48.2 Å². The number of rotatable bonds is 12. The minimum atomic E-state index is -4.57. The molecule has 1 aromatic heterocycles. The first kappa shape index (κ1) is 27.5. The molecule has 1 aliphatic carbocycles. The first-order valence-electron chi connectivity index (χ1n) is 11.7.